The number of amides is 1. The van der Waals surface area contributed by atoms with Crippen LogP contribution in [0.25, 0.3) is 32.0 Å². The van der Waals surface area contributed by atoms with E-state index in [1.807, 2.05) is 31.2 Å². The molecular weight excluding hydrogens is 456 g/mol. The van der Waals surface area contributed by atoms with E-state index < -0.39 is 0 Å². The lowest BCUT2D eigenvalue weighted by Gasteiger charge is -2.19. The number of pyridine rings is 1. The van der Waals surface area contributed by atoms with E-state index in [0.717, 1.165) is 45.6 Å². The first-order chi connectivity index (χ1) is 16.0. The van der Waals surface area contributed by atoms with Gasteiger partial charge >= 0.3 is 0 Å². The number of fused-ring (bicyclic) bond motifs is 1. The average Bonchev–Trinajstić information content (AvgIpc) is 3.55. The predicted molar refractivity (Wildman–Crippen MR) is 133 cm³/mol. The number of thiazole rings is 1. The number of hydrogen-bond donors (Lipinski definition) is 2. The average molecular weight is 481 g/mol. The third-order valence-electron chi connectivity index (χ3n) is 6.33. The number of aromatic nitrogens is 4. The van der Waals surface area contributed by atoms with Crippen molar-refractivity contribution in [2.75, 3.05) is 20.1 Å². The summed E-state index contributed by atoms with van der Waals surface area (Å²) in [6.45, 7) is 3.69. The van der Waals surface area contributed by atoms with E-state index >= 15 is 0 Å². The SMILES string of the molecule is Cc1c(Cl)ccc2c(-c3nc(C(=O)NCCC4CCCN4C)c(-c4cccnc4)s3)[nH]nc12. The van der Waals surface area contributed by atoms with E-state index in [1.165, 1.54) is 24.2 Å². The van der Waals surface area contributed by atoms with Crippen LogP contribution in [0.15, 0.2) is 36.7 Å². The lowest BCUT2D eigenvalue weighted by atomic mass is 10.1. The van der Waals surface area contributed by atoms with Gasteiger partial charge in [-0.25, -0.2) is 4.98 Å². The summed E-state index contributed by atoms with van der Waals surface area (Å²) in [6, 6.07) is 8.14. The minimum absolute atomic E-state index is 0.167. The molecule has 0 bridgehead atoms. The van der Waals surface area contributed by atoms with Gasteiger partial charge in [-0.05, 0) is 63.5 Å². The molecule has 1 saturated heterocycles. The molecule has 33 heavy (non-hydrogen) atoms. The molecular formula is C24H25ClN6OS. The topological polar surface area (TPSA) is 86.8 Å². The molecule has 1 aliphatic heterocycles. The first-order valence-electron chi connectivity index (χ1n) is 11.1. The quantitative estimate of drug-likeness (QED) is 0.409. The summed E-state index contributed by atoms with van der Waals surface area (Å²) in [6.07, 6.45) is 6.82. The molecule has 1 fully saturated rings. The summed E-state index contributed by atoms with van der Waals surface area (Å²) < 4.78 is 0. The summed E-state index contributed by atoms with van der Waals surface area (Å²) in [5.74, 6) is -0.167. The maximum Gasteiger partial charge on any atom is 0.271 e. The molecule has 7 nitrogen and oxygen atoms in total. The van der Waals surface area contributed by atoms with Crippen LogP contribution in [0.4, 0.5) is 0 Å². The van der Waals surface area contributed by atoms with Gasteiger partial charge in [0.05, 0.1) is 10.4 Å². The second-order valence-corrected chi connectivity index (χ2v) is 9.83. The van der Waals surface area contributed by atoms with Crippen molar-refractivity contribution in [3.05, 3.63) is 52.9 Å². The van der Waals surface area contributed by atoms with E-state index in [1.54, 1.807) is 12.4 Å². The van der Waals surface area contributed by atoms with Crippen molar-refractivity contribution < 1.29 is 4.79 Å². The lowest BCUT2D eigenvalue weighted by Crippen LogP contribution is -2.32. The summed E-state index contributed by atoms with van der Waals surface area (Å²) in [7, 11) is 2.15. The minimum Gasteiger partial charge on any atom is -0.351 e. The Balaban J connectivity index is 1.47. The molecule has 4 aromatic rings. The van der Waals surface area contributed by atoms with Crippen LogP contribution < -0.4 is 5.32 Å². The fraction of sp³-hybridized carbons (Fsp3) is 0.333. The predicted octanol–water partition coefficient (Wildman–Crippen LogP) is 4.92. The van der Waals surface area contributed by atoms with Gasteiger partial charge in [-0.2, -0.15) is 5.10 Å². The molecule has 1 amide bonds. The Labute approximate surface area is 201 Å². The Hall–Kier alpha value is -2.81. The number of nitrogens with one attached hydrogen (secondary N) is 2. The molecule has 9 heteroatoms. The Morgan fingerprint density at radius 2 is 2.24 bits per heavy atom. The number of carbonyl (C=O) groups is 1. The van der Waals surface area contributed by atoms with Crippen LogP contribution in [0.3, 0.4) is 0 Å². The van der Waals surface area contributed by atoms with Crippen molar-refractivity contribution in [3.8, 4) is 21.1 Å². The normalized spacial score (nSPS) is 16.5. The maximum absolute atomic E-state index is 13.2. The van der Waals surface area contributed by atoms with Crippen LogP contribution in [-0.2, 0) is 0 Å². The zero-order valence-electron chi connectivity index (χ0n) is 18.6. The minimum atomic E-state index is -0.167. The summed E-state index contributed by atoms with van der Waals surface area (Å²) in [5.41, 5.74) is 3.78. The van der Waals surface area contributed by atoms with Crippen LogP contribution in [0.5, 0.6) is 0 Å². The van der Waals surface area contributed by atoms with Crippen LogP contribution in [0.2, 0.25) is 5.02 Å². The fourth-order valence-electron chi connectivity index (χ4n) is 4.41. The highest BCUT2D eigenvalue weighted by Crippen LogP contribution is 2.38. The molecule has 170 valence electrons. The van der Waals surface area contributed by atoms with Crippen molar-refractivity contribution in [3.63, 3.8) is 0 Å². The van der Waals surface area contributed by atoms with Crippen LogP contribution in [0, 0.1) is 6.92 Å². The molecule has 5 rings (SSSR count). The standard InChI is InChI=1S/C24H25ClN6OS/c1-14-18(25)8-7-17-19(14)29-30-20(17)24-28-21(22(33-24)15-5-3-10-26-13-15)23(32)27-11-9-16-6-4-12-31(16)2/h3,5,7-8,10,13,16H,4,6,9,11-12H2,1-2H3,(H,27,32)(H,29,30). The Kier molecular flexibility index (Phi) is 6.14. The van der Waals surface area contributed by atoms with Crippen molar-refractivity contribution in [2.45, 2.75) is 32.2 Å². The molecule has 1 aromatic carbocycles. The van der Waals surface area contributed by atoms with E-state index in [9.17, 15) is 4.79 Å². The number of aryl methyl sites for hydroxylation is 1. The third-order valence-corrected chi connectivity index (χ3v) is 7.86. The van der Waals surface area contributed by atoms with E-state index in [2.05, 4.69) is 32.4 Å². The van der Waals surface area contributed by atoms with Gasteiger partial charge in [0.15, 0.2) is 0 Å². The van der Waals surface area contributed by atoms with Crippen LogP contribution >= 0.6 is 22.9 Å². The molecule has 0 saturated carbocycles. The third kappa shape index (κ3) is 4.26. The number of benzene rings is 1. The second kappa shape index (κ2) is 9.21. The van der Waals surface area contributed by atoms with Gasteiger partial charge in [0, 0.05) is 41.0 Å². The highest BCUT2D eigenvalue weighted by molar-refractivity contribution is 7.18. The number of rotatable bonds is 6. The molecule has 1 aliphatic rings. The second-order valence-electron chi connectivity index (χ2n) is 8.43. The van der Waals surface area contributed by atoms with E-state index in [-0.39, 0.29) is 5.91 Å². The molecule has 0 spiro atoms. The smallest absolute Gasteiger partial charge is 0.271 e. The van der Waals surface area contributed by atoms with Crippen molar-refractivity contribution in [1.82, 2.24) is 30.4 Å². The molecule has 1 unspecified atom stereocenters. The van der Waals surface area contributed by atoms with E-state index in [0.29, 0.717) is 28.3 Å². The Morgan fingerprint density at radius 1 is 1.36 bits per heavy atom. The van der Waals surface area contributed by atoms with Gasteiger partial charge in [-0.15, -0.1) is 11.3 Å². The van der Waals surface area contributed by atoms with Crippen LogP contribution in [-0.4, -0.2) is 57.2 Å². The Morgan fingerprint density at radius 3 is 3.00 bits per heavy atom. The number of hydrogen-bond acceptors (Lipinski definition) is 6. The molecule has 0 radical (unpaired) electrons. The van der Waals surface area contributed by atoms with Crippen molar-refractivity contribution in [2.24, 2.45) is 0 Å². The highest BCUT2D eigenvalue weighted by Gasteiger charge is 2.24. The molecule has 2 N–H and O–H groups in total. The van der Waals surface area contributed by atoms with Crippen molar-refractivity contribution >= 4 is 39.7 Å². The Bertz CT molecular complexity index is 1300. The summed E-state index contributed by atoms with van der Waals surface area (Å²) >= 11 is 7.73. The van der Waals surface area contributed by atoms with E-state index in [4.69, 9.17) is 16.6 Å². The zero-order chi connectivity index (χ0) is 22.9. The largest absolute Gasteiger partial charge is 0.351 e. The van der Waals surface area contributed by atoms with Gasteiger partial charge in [-0.1, -0.05) is 17.7 Å². The zero-order valence-corrected chi connectivity index (χ0v) is 20.1. The van der Waals surface area contributed by atoms with Gasteiger partial charge in [0.25, 0.3) is 5.91 Å². The van der Waals surface area contributed by atoms with Gasteiger partial charge in [0.2, 0.25) is 0 Å². The number of aromatic amines is 1. The summed E-state index contributed by atoms with van der Waals surface area (Å²) in [5, 5.41) is 12.9. The highest BCUT2D eigenvalue weighted by atomic mass is 35.5. The summed E-state index contributed by atoms with van der Waals surface area (Å²) in [4.78, 5) is 25.4. The van der Waals surface area contributed by atoms with Gasteiger partial charge in [-0.3, -0.25) is 14.9 Å². The first-order valence-corrected chi connectivity index (χ1v) is 12.3. The maximum atomic E-state index is 13.2. The number of carbonyl (C=O) groups excluding carboxylic acids is 1. The lowest BCUT2D eigenvalue weighted by molar-refractivity contribution is 0.0946. The fourth-order valence-corrected chi connectivity index (χ4v) is 5.62. The van der Waals surface area contributed by atoms with Crippen molar-refractivity contribution in [1.29, 1.82) is 0 Å². The number of nitrogens with zero attached hydrogens (tertiary/aromatic N) is 4. The monoisotopic (exact) mass is 480 g/mol. The number of H-pyrrole nitrogens is 1. The van der Waals surface area contributed by atoms with Gasteiger partial charge in [0.1, 0.15) is 16.4 Å². The molecule has 1 atom stereocenters. The number of halogens is 1. The van der Waals surface area contributed by atoms with Crippen LogP contribution in [0.1, 0.15) is 35.3 Å². The molecule has 0 aliphatic carbocycles. The van der Waals surface area contributed by atoms with Gasteiger partial charge < -0.3 is 10.2 Å². The molecule has 3 aromatic heterocycles. The first kappa shape index (κ1) is 22.0. The number of likely N-dealkylation sites (tertiary alicyclic amines) is 1. The molecule has 4 heterocycles.